The molecule has 2 nitrogen and oxygen atoms in total. The summed E-state index contributed by atoms with van der Waals surface area (Å²) in [5, 5.41) is 3.65. The van der Waals surface area contributed by atoms with E-state index < -0.39 is 0 Å². The van der Waals surface area contributed by atoms with Crippen LogP contribution in [0, 0.1) is 0 Å². The van der Waals surface area contributed by atoms with Crippen molar-refractivity contribution in [3.05, 3.63) is 29.8 Å². The van der Waals surface area contributed by atoms with Crippen molar-refractivity contribution in [2.75, 3.05) is 25.0 Å². The SMILES string of the molecule is CCCNC(CC)c1ccccc1N(C)CCC. The van der Waals surface area contributed by atoms with E-state index in [4.69, 9.17) is 0 Å². The van der Waals surface area contributed by atoms with Gasteiger partial charge in [-0.1, -0.05) is 39.0 Å². The standard InChI is InChI=1S/C16H28N2/c1-5-12-17-15(7-3)14-10-8-9-11-16(14)18(4)13-6-2/h8-11,15,17H,5-7,12-13H2,1-4H3. The van der Waals surface area contributed by atoms with Gasteiger partial charge in [-0.05, 0) is 37.4 Å². The summed E-state index contributed by atoms with van der Waals surface area (Å²) in [5.74, 6) is 0. The van der Waals surface area contributed by atoms with Crippen LogP contribution in [-0.4, -0.2) is 20.1 Å². The molecule has 0 heterocycles. The van der Waals surface area contributed by atoms with Crippen LogP contribution in [0.25, 0.3) is 0 Å². The molecule has 0 amide bonds. The van der Waals surface area contributed by atoms with Crippen LogP contribution in [0.3, 0.4) is 0 Å². The first-order valence-electron chi connectivity index (χ1n) is 7.27. The normalized spacial score (nSPS) is 12.4. The molecule has 1 atom stereocenters. The lowest BCUT2D eigenvalue weighted by molar-refractivity contribution is 0.518. The van der Waals surface area contributed by atoms with E-state index >= 15 is 0 Å². The van der Waals surface area contributed by atoms with Gasteiger partial charge in [0.1, 0.15) is 0 Å². The highest BCUT2D eigenvalue weighted by Crippen LogP contribution is 2.27. The number of rotatable bonds is 8. The number of nitrogens with one attached hydrogen (secondary N) is 1. The molecule has 0 spiro atoms. The maximum absolute atomic E-state index is 3.65. The monoisotopic (exact) mass is 248 g/mol. The third-order valence-corrected chi connectivity index (χ3v) is 3.33. The molecule has 0 saturated carbocycles. The zero-order chi connectivity index (χ0) is 13.4. The van der Waals surface area contributed by atoms with Gasteiger partial charge in [0.05, 0.1) is 0 Å². The smallest absolute Gasteiger partial charge is 0.0412 e. The fourth-order valence-corrected chi connectivity index (χ4v) is 2.38. The molecule has 1 N–H and O–H groups in total. The van der Waals surface area contributed by atoms with Crippen LogP contribution in [-0.2, 0) is 0 Å². The number of nitrogens with zero attached hydrogens (tertiary/aromatic N) is 1. The van der Waals surface area contributed by atoms with Gasteiger partial charge >= 0.3 is 0 Å². The van der Waals surface area contributed by atoms with E-state index in [0.29, 0.717) is 6.04 Å². The minimum absolute atomic E-state index is 0.473. The van der Waals surface area contributed by atoms with Gasteiger partial charge in [-0.25, -0.2) is 0 Å². The van der Waals surface area contributed by atoms with Crippen molar-refractivity contribution in [2.24, 2.45) is 0 Å². The van der Waals surface area contributed by atoms with Crippen LogP contribution in [0.4, 0.5) is 5.69 Å². The lowest BCUT2D eigenvalue weighted by atomic mass is 10.0. The van der Waals surface area contributed by atoms with Crippen LogP contribution in [0.1, 0.15) is 51.6 Å². The number of hydrogen-bond donors (Lipinski definition) is 1. The molecule has 0 aromatic heterocycles. The molecule has 1 aromatic rings. The second-order valence-electron chi connectivity index (χ2n) is 4.90. The van der Waals surface area contributed by atoms with E-state index in [1.54, 1.807) is 0 Å². The fourth-order valence-electron chi connectivity index (χ4n) is 2.38. The van der Waals surface area contributed by atoms with Crippen LogP contribution >= 0.6 is 0 Å². The molecule has 0 bridgehead atoms. The lowest BCUT2D eigenvalue weighted by Crippen LogP contribution is -2.25. The first-order chi connectivity index (χ1) is 8.74. The quantitative estimate of drug-likeness (QED) is 0.748. The number of para-hydroxylation sites is 1. The molecule has 0 aliphatic rings. The molecule has 0 aliphatic carbocycles. The minimum atomic E-state index is 0.473. The Balaban J connectivity index is 2.91. The Morgan fingerprint density at radius 1 is 1.11 bits per heavy atom. The zero-order valence-corrected chi connectivity index (χ0v) is 12.4. The van der Waals surface area contributed by atoms with Crippen molar-refractivity contribution >= 4 is 5.69 Å². The topological polar surface area (TPSA) is 15.3 Å². The third-order valence-electron chi connectivity index (χ3n) is 3.33. The molecule has 0 radical (unpaired) electrons. The highest BCUT2D eigenvalue weighted by molar-refractivity contribution is 5.54. The van der Waals surface area contributed by atoms with Crippen LogP contribution in [0.2, 0.25) is 0 Å². The number of hydrogen-bond acceptors (Lipinski definition) is 2. The molecule has 0 saturated heterocycles. The van der Waals surface area contributed by atoms with Crippen molar-refractivity contribution in [3.8, 4) is 0 Å². The van der Waals surface area contributed by atoms with Crippen molar-refractivity contribution in [3.63, 3.8) is 0 Å². The maximum atomic E-state index is 3.65. The highest BCUT2D eigenvalue weighted by atomic mass is 15.1. The molecule has 0 aliphatic heterocycles. The van der Waals surface area contributed by atoms with E-state index in [-0.39, 0.29) is 0 Å². The fraction of sp³-hybridized carbons (Fsp3) is 0.625. The summed E-state index contributed by atoms with van der Waals surface area (Å²) < 4.78 is 0. The first kappa shape index (κ1) is 15.0. The third kappa shape index (κ3) is 4.02. The Morgan fingerprint density at radius 3 is 2.44 bits per heavy atom. The summed E-state index contributed by atoms with van der Waals surface area (Å²) in [7, 11) is 2.19. The largest absolute Gasteiger partial charge is 0.374 e. The predicted molar refractivity (Wildman–Crippen MR) is 81.3 cm³/mol. The lowest BCUT2D eigenvalue weighted by Gasteiger charge is -2.26. The van der Waals surface area contributed by atoms with E-state index in [2.05, 4.69) is 62.3 Å². The van der Waals surface area contributed by atoms with Crippen molar-refractivity contribution < 1.29 is 0 Å². The van der Waals surface area contributed by atoms with E-state index in [0.717, 1.165) is 19.5 Å². The summed E-state index contributed by atoms with van der Waals surface area (Å²) in [6.07, 6.45) is 3.50. The summed E-state index contributed by atoms with van der Waals surface area (Å²) in [6.45, 7) is 8.90. The number of benzene rings is 1. The second-order valence-corrected chi connectivity index (χ2v) is 4.90. The van der Waals surface area contributed by atoms with Gasteiger partial charge in [0.15, 0.2) is 0 Å². The molecule has 102 valence electrons. The van der Waals surface area contributed by atoms with Crippen LogP contribution < -0.4 is 10.2 Å². The zero-order valence-electron chi connectivity index (χ0n) is 12.4. The van der Waals surface area contributed by atoms with Gasteiger partial charge in [-0.15, -0.1) is 0 Å². The van der Waals surface area contributed by atoms with Crippen molar-refractivity contribution in [1.82, 2.24) is 5.32 Å². The van der Waals surface area contributed by atoms with Crippen molar-refractivity contribution in [1.29, 1.82) is 0 Å². The molecular formula is C16H28N2. The van der Waals surface area contributed by atoms with E-state index in [1.807, 2.05) is 0 Å². The Kier molecular flexibility index (Phi) is 6.81. The van der Waals surface area contributed by atoms with Crippen LogP contribution in [0.5, 0.6) is 0 Å². The van der Waals surface area contributed by atoms with E-state index in [1.165, 1.54) is 24.1 Å². The van der Waals surface area contributed by atoms with Crippen molar-refractivity contribution in [2.45, 2.75) is 46.1 Å². The first-order valence-corrected chi connectivity index (χ1v) is 7.27. The van der Waals surface area contributed by atoms with Gasteiger partial charge in [0, 0.05) is 25.3 Å². The minimum Gasteiger partial charge on any atom is -0.374 e. The predicted octanol–water partition coefficient (Wildman–Crippen LogP) is 3.98. The summed E-state index contributed by atoms with van der Waals surface area (Å²) in [5.41, 5.74) is 2.80. The Morgan fingerprint density at radius 2 is 1.83 bits per heavy atom. The second kappa shape index (κ2) is 8.15. The summed E-state index contributed by atoms with van der Waals surface area (Å²) in [4.78, 5) is 2.37. The average Bonchev–Trinajstić information content (AvgIpc) is 2.40. The van der Waals surface area contributed by atoms with Gasteiger partial charge in [-0.3, -0.25) is 0 Å². The van der Waals surface area contributed by atoms with E-state index in [9.17, 15) is 0 Å². The molecular weight excluding hydrogens is 220 g/mol. The summed E-state index contributed by atoms with van der Waals surface area (Å²) in [6, 6.07) is 9.26. The molecule has 1 aromatic carbocycles. The Hall–Kier alpha value is -1.02. The average molecular weight is 248 g/mol. The Labute approximate surface area is 112 Å². The summed E-state index contributed by atoms with van der Waals surface area (Å²) >= 11 is 0. The molecule has 2 heteroatoms. The number of anilines is 1. The Bertz CT molecular complexity index is 336. The van der Waals surface area contributed by atoms with Gasteiger partial charge in [-0.2, -0.15) is 0 Å². The molecule has 1 unspecified atom stereocenters. The van der Waals surface area contributed by atoms with Gasteiger partial charge in [0.2, 0.25) is 0 Å². The van der Waals surface area contributed by atoms with Gasteiger partial charge < -0.3 is 10.2 Å². The molecule has 18 heavy (non-hydrogen) atoms. The van der Waals surface area contributed by atoms with Gasteiger partial charge in [0.25, 0.3) is 0 Å². The molecule has 1 rings (SSSR count). The molecule has 0 fully saturated rings. The maximum Gasteiger partial charge on any atom is 0.0412 e. The highest BCUT2D eigenvalue weighted by Gasteiger charge is 2.14. The van der Waals surface area contributed by atoms with Crippen LogP contribution in [0.15, 0.2) is 24.3 Å².